The fraction of sp³-hybridized carbons (Fsp3) is 0.235. The molecule has 1 amide bonds. The molecule has 0 aliphatic carbocycles. The van der Waals surface area contributed by atoms with Gasteiger partial charge in [-0.1, -0.05) is 24.3 Å². The number of hydrogen-bond acceptors (Lipinski definition) is 5. The van der Waals surface area contributed by atoms with E-state index in [4.69, 9.17) is 10.3 Å². The zero-order valence-electron chi connectivity index (χ0n) is 14.5. The standard InChI is InChI=1S/C17H21N3O5S2/c18-26(22,23)15-6-1-13(2-7-15)5-10-17(21)20-12-11-14-3-8-16(9-4-14)27(19,24)25/h1-4,6-9H,5,10-12H2,(H,20,21)(H2,18,22,23)(H2,19,24,25). The monoisotopic (exact) mass is 411 g/mol. The van der Waals surface area contributed by atoms with Crippen molar-refractivity contribution in [2.24, 2.45) is 10.3 Å². The molecule has 8 nitrogen and oxygen atoms in total. The predicted octanol–water partition coefficient (Wildman–Crippen LogP) is 0.273. The molecule has 0 aliphatic rings. The molecule has 2 rings (SSSR count). The molecule has 0 atom stereocenters. The summed E-state index contributed by atoms with van der Waals surface area (Å²) >= 11 is 0. The first-order valence-corrected chi connectivity index (χ1v) is 11.2. The van der Waals surface area contributed by atoms with Crippen molar-refractivity contribution in [3.05, 3.63) is 59.7 Å². The minimum Gasteiger partial charge on any atom is -0.356 e. The van der Waals surface area contributed by atoms with Gasteiger partial charge in [0.2, 0.25) is 26.0 Å². The van der Waals surface area contributed by atoms with Crippen LogP contribution in [0.2, 0.25) is 0 Å². The van der Waals surface area contributed by atoms with Gasteiger partial charge < -0.3 is 5.32 Å². The second-order valence-corrected chi connectivity index (χ2v) is 9.10. The van der Waals surface area contributed by atoms with E-state index in [-0.39, 0.29) is 22.1 Å². The molecule has 27 heavy (non-hydrogen) atoms. The molecule has 0 aliphatic heterocycles. The number of aryl methyl sites for hydroxylation is 1. The number of amides is 1. The molecule has 146 valence electrons. The maximum atomic E-state index is 11.9. The number of nitrogens with one attached hydrogen (secondary N) is 1. The summed E-state index contributed by atoms with van der Waals surface area (Å²) in [5.74, 6) is -0.133. The fourth-order valence-electron chi connectivity index (χ4n) is 2.38. The van der Waals surface area contributed by atoms with Crippen LogP contribution in [0.5, 0.6) is 0 Å². The maximum Gasteiger partial charge on any atom is 0.238 e. The molecule has 5 N–H and O–H groups in total. The number of benzene rings is 2. The lowest BCUT2D eigenvalue weighted by molar-refractivity contribution is -0.121. The topological polar surface area (TPSA) is 149 Å². The molecule has 0 saturated heterocycles. The van der Waals surface area contributed by atoms with E-state index in [0.717, 1.165) is 11.1 Å². The predicted molar refractivity (Wildman–Crippen MR) is 101 cm³/mol. The van der Waals surface area contributed by atoms with Crippen LogP contribution in [-0.2, 0) is 37.7 Å². The second-order valence-electron chi connectivity index (χ2n) is 5.98. The Kier molecular flexibility index (Phi) is 6.71. The average molecular weight is 412 g/mol. The number of hydrogen-bond donors (Lipinski definition) is 3. The van der Waals surface area contributed by atoms with Crippen molar-refractivity contribution in [1.82, 2.24) is 5.32 Å². The van der Waals surface area contributed by atoms with Gasteiger partial charge >= 0.3 is 0 Å². The van der Waals surface area contributed by atoms with E-state index < -0.39 is 20.0 Å². The summed E-state index contributed by atoms with van der Waals surface area (Å²) in [4.78, 5) is 12.0. The molecule has 10 heteroatoms. The molecular weight excluding hydrogens is 390 g/mol. The van der Waals surface area contributed by atoms with Crippen LogP contribution in [0.3, 0.4) is 0 Å². The quantitative estimate of drug-likeness (QED) is 0.570. The SMILES string of the molecule is NS(=O)(=O)c1ccc(CCNC(=O)CCc2ccc(S(N)(=O)=O)cc2)cc1. The number of primary sulfonamides is 2. The molecule has 2 aromatic rings. The van der Waals surface area contributed by atoms with Crippen LogP contribution in [0.1, 0.15) is 17.5 Å². The van der Waals surface area contributed by atoms with Gasteiger partial charge in [0.1, 0.15) is 0 Å². The van der Waals surface area contributed by atoms with Gasteiger partial charge in [0.05, 0.1) is 9.79 Å². The van der Waals surface area contributed by atoms with Crippen molar-refractivity contribution in [3.8, 4) is 0 Å². The van der Waals surface area contributed by atoms with E-state index in [1.165, 1.54) is 24.3 Å². The summed E-state index contributed by atoms with van der Waals surface area (Å²) in [5, 5.41) is 12.9. The van der Waals surface area contributed by atoms with E-state index in [9.17, 15) is 21.6 Å². The number of rotatable bonds is 8. The Hall–Kier alpha value is -2.27. The molecule has 0 heterocycles. The largest absolute Gasteiger partial charge is 0.356 e. The highest BCUT2D eigenvalue weighted by Crippen LogP contribution is 2.11. The molecule has 0 radical (unpaired) electrons. The number of carbonyl (C=O) groups excluding carboxylic acids is 1. The molecule has 2 aromatic carbocycles. The fourth-order valence-corrected chi connectivity index (χ4v) is 3.41. The first kappa shape index (κ1) is 21.0. The number of nitrogens with two attached hydrogens (primary N) is 2. The number of carbonyl (C=O) groups is 1. The minimum absolute atomic E-state index is 0.0316. The summed E-state index contributed by atoms with van der Waals surface area (Å²) in [6, 6.07) is 12.2. The minimum atomic E-state index is -3.72. The van der Waals surface area contributed by atoms with Crippen LogP contribution < -0.4 is 15.6 Å². The van der Waals surface area contributed by atoms with Gasteiger partial charge in [-0.25, -0.2) is 27.1 Å². The van der Waals surface area contributed by atoms with Gasteiger partial charge in [-0.3, -0.25) is 4.79 Å². The molecule has 0 saturated carbocycles. The lowest BCUT2D eigenvalue weighted by Gasteiger charge is -2.07. The first-order valence-electron chi connectivity index (χ1n) is 8.06. The van der Waals surface area contributed by atoms with E-state index in [1.807, 2.05) is 0 Å². The third kappa shape index (κ3) is 6.75. The number of sulfonamides is 2. The Labute approximate surface area is 158 Å². The van der Waals surface area contributed by atoms with Crippen LogP contribution in [0.4, 0.5) is 0 Å². The highest BCUT2D eigenvalue weighted by Gasteiger charge is 2.09. The average Bonchev–Trinajstić information content (AvgIpc) is 2.59. The van der Waals surface area contributed by atoms with Crippen molar-refractivity contribution >= 4 is 26.0 Å². The molecule has 0 bridgehead atoms. The maximum absolute atomic E-state index is 11.9. The van der Waals surface area contributed by atoms with Gasteiger partial charge in [-0.2, -0.15) is 0 Å². The van der Waals surface area contributed by atoms with Crippen molar-refractivity contribution < 1.29 is 21.6 Å². The lowest BCUT2D eigenvalue weighted by atomic mass is 10.1. The van der Waals surface area contributed by atoms with Crippen LogP contribution in [-0.4, -0.2) is 29.3 Å². The summed E-state index contributed by atoms with van der Waals surface area (Å²) in [6.45, 7) is 0.415. The highest BCUT2D eigenvalue weighted by molar-refractivity contribution is 7.89. The van der Waals surface area contributed by atoms with E-state index in [0.29, 0.717) is 19.4 Å². The van der Waals surface area contributed by atoms with Crippen LogP contribution in [0.25, 0.3) is 0 Å². The normalized spacial score (nSPS) is 11.9. The smallest absolute Gasteiger partial charge is 0.238 e. The van der Waals surface area contributed by atoms with Crippen LogP contribution >= 0.6 is 0 Å². The Morgan fingerprint density at radius 3 is 1.56 bits per heavy atom. The molecule has 0 fully saturated rings. The van der Waals surface area contributed by atoms with Crippen molar-refractivity contribution in [1.29, 1.82) is 0 Å². The van der Waals surface area contributed by atoms with Gasteiger partial charge in [0.15, 0.2) is 0 Å². The summed E-state index contributed by atoms with van der Waals surface area (Å²) in [6.07, 6.45) is 1.29. The third-order valence-corrected chi connectivity index (χ3v) is 5.74. The Bertz CT molecular complexity index is 1000. The van der Waals surface area contributed by atoms with Crippen LogP contribution in [0, 0.1) is 0 Å². The second kappa shape index (κ2) is 8.61. The van der Waals surface area contributed by atoms with Gasteiger partial charge in [-0.15, -0.1) is 0 Å². The van der Waals surface area contributed by atoms with Crippen LogP contribution in [0.15, 0.2) is 58.3 Å². The zero-order valence-corrected chi connectivity index (χ0v) is 16.1. The first-order chi connectivity index (χ1) is 12.6. The summed E-state index contributed by atoms with van der Waals surface area (Å²) < 4.78 is 44.8. The van der Waals surface area contributed by atoms with Gasteiger partial charge in [-0.05, 0) is 48.2 Å². The van der Waals surface area contributed by atoms with E-state index in [1.54, 1.807) is 24.3 Å². The molecule has 0 spiro atoms. The van der Waals surface area contributed by atoms with Gasteiger partial charge in [0, 0.05) is 13.0 Å². The highest BCUT2D eigenvalue weighted by atomic mass is 32.2. The zero-order chi connectivity index (χ0) is 20.1. The molecule has 0 unspecified atom stereocenters. The Morgan fingerprint density at radius 1 is 0.741 bits per heavy atom. The molecule has 0 aromatic heterocycles. The lowest BCUT2D eigenvalue weighted by Crippen LogP contribution is -2.25. The van der Waals surface area contributed by atoms with Crippen molar-refractivity contribution in [2.45, 2.75) is 29.1 Å². The van der Waals surface area contributed by atoms with Crippen molar-refractivity contribution in [3.63, 3.8) is 0 Å². The van der Waals surface area contributed by atoms with E-state index in [2.05, 4.69) is 5.32 Å². The van der Waals surface area contributed by atoms with E-state index >= 15 is 0 Å². The molecular formula is C17H21N3O5S2. The Morgan fingerprint density at radius 2 is 1.15 bits per heavy atom. The summed E-state index contributed by atoms with van der Waals surface area (Å²) in [7, 11) is -7.43. The van der Waals surface area contributed by atoms with Crippen molar-refractivity contribution in [2.75, 3.05) is 6.54 Å². The third-order valence-electron chi connectivity index (χ3n) is 3.88. The van der Waals surface area contributed by atoms with Gasteiger partial charge in [0.25, 0.3) is 0 Å². The summed E-state index contributed by atoms with van der Waals surface area (Å²) in [5.41, 5.74) is 1.71. The Balaban J connectivity index is 1.76.